The molecule has 0 saturated carbocycles. The second-order valence-electron chi connectivity index (χ2n) is 8.78. The van der Waals surface area contributed by atoms with E-state index in [2.05, 4.69) is 20.5 Å². The molecule has 5 rings (SSSR count). The highest BCUT2D eigenvalue weighted by Gasteiger charge is 2.13. The minimum atomic E-state index is -0.196. The summed E-state index contributed by atoms with van der Waals surface area (Å²) in [5.74, 6) is 1.05. The number of nitrogens with zero attached hydrogens (tertiary/aromatic N) is 4. The molecule has 1 aliphatic rings. The molecule has 0 spiro atoms. The van der Waals surface area contributed by atoms with Gasteiger partial charge in [0.05, 0.1) is 17.1 Å². The van der Waals surface area contributed by atoms with Gasteiger partial charge in [0.2, 0.25) is 11.9 Å². The van der Waals surface area contributed by atoms with Crippen molar-refractivity contribution >= 4 is 45.0 Å². The van der Waals surface area contributed by atoms with Crippen LogP contribution in [0.3, 0.4) is 0 Å². The number of likely N-dealkylation sites (tertiary alicyclic amines) is 1. The Morgan fingerprint density at radius 3 is 2.54 bits per heavy atom. The Hall–Kier alpha value is -3.98. The molecule has 0 unspecified atom stereocenters. The average Bonchev–Trinajstić information content (AvgIpc) is 3.37. The summed E-state index contributed by atoms with van der Waals surface area (Å²) in [4.78, 5) is 35.9. The number of benzene rings is 2. The van der Waals surface area contributed by atoms with Crippen LogP contribution in [0, 0.1) is 0 Å². The first-order valence-electron chi connectivity index (χ1n) is 11.8. The molecular weight excluding hydrogens is 444 g/mol. The molecule has 0 radical (unpaired) electrons. The first-order chi connectivity index (χ1) is 17.0. The quantitative estimate of drug-likeness (QED) is 0.396. The summed E-state index contributed by atoms with van der Waals surface area (Å²) in [6.45, 7) is 5.39. The molecule has 1 amide bonds. The Kier molecular flexibility index (Phi) is 6.33. The molecule has 180 valence electrons. The average molecular weight is 473 g/mol. The first-order valence-corrected chi connectivity index (χ1v) is 11.8. The summed E-state index contributed by atoms with van der Waals surface area (Å²) >= 11 is 0. The van der Waals surface area contributed by atoms with Gasteiger partial charge in [0, 0.05) is 37.3 Å². The van der Waals surface area contributed by atoms with Crippen LogP contribution in [0.5, 0.6) is 5.75 Å². The number of amides is 1. The summed E-state index contributed by atoms with van der Waals surface area (Å²) in [5, 5.41) is 7.13. The molecule has 4 aromatic rings. The van der Waals surface area contributed by atoms with Gasteiger partial charge in [0.15, 0.2) is 0 Å². The van der Waals surface area contributed by atoms with E-state index in [0.29, 0.717) is 40.0 Å². The third-order valence-corrected chi connectivity index (χ3v) is 6.25. The number of rotatable bonds is 7. The van der Waals surface area contributed by atoms with Crippen molar-refractivity contribution in [3.63, 3.8) is 0 Å². The monoisotopic (exact) mass is 472 g/mol. The molecule has 0 atom stereocenters. The zero-order valence-electron chi connectivity index (χ0n) is 19.9. The van der Waals surface area contributed by atoms with Gasteiger partial charge in [-0.25, -0.2) is 9.97 Å². The summed E-state index contributed by atoms with van der Waals surface area (Å²) in [6.07, 6.45) is 4.20. The Morgan fingerprint density at radius 2 is 1.80 bits per heavy atom. The predicted molar refractivity (Wildman–Crippen MR) is 137 cm³/mol. The minimum Gasteiger partial charge on any atom is -0.492 e. The first kappa shape index (κ1) is 22.8. The van der Waals surface area contributed by atoms with Crippen molar-refractivity contribution in [2.75, 3.05) is 36.9 Å². The van der Waals surface area contributed by atoms with Crippen LogP contribution < -0.4 is 20.9 Å². The molecule has 1 saturated heterocycles. The van der Waals surface area contributed by atoms with E-state index in [0.717, 1.165) is 31.1 Å². The van der Waals surface area contributed by atoms with Gasteiger partial charge in [-0.3, -0.25) is 14.5 Å². The largest absolute Gasteiger partial charge is 0.492 e. The van der Waals surface area contributed by atoms with E-state index in [4.69, 9.17) is 9.72 Å². The number of hydrogen-bond acceptors (Lipinski definition) is 7. The molecule has 3 heterocycles. The number of fused-ring (bicyclic) bond motifs is 3. The lowest BCUT2D eigenvalue weighted by Crippen LogP contribution is -2.25. The van der Waals surface area contributed by atoms with Gasteiger partial charge in [-0.15, -0.1) is 0 Å². The molecule has 35 heavy (non-hydrogen) atoms. The number of aryl methyl sites for hydroxylation is 1. The van der Waals surface area contributed by atoms with E-state index in [1.165, 1.54) is 24.3 Å². The number of carbonyl (C=O) groups is 1. The van der Waals surface area contributed by atoms with E-state index in [1.807, 2.05) is 24.3 Å². The van der Waals surface area contributed by atoms with Gasteiger partial charge in [0.25, 0.3) is 5.56 Å². The smallest absolute Gasteiger partial charge is 0.258 e. The fraction of sp³-hybridized carbons (Fsp3) is 0.308. The molecule has 1 fully saturated rings. The zero-order valence-corrected chi connectivity index (χ0v) is 19.9. The zero-order chi connectivity index (χ0) is 24.4. The fourth-order valence-electron chi connectivity index (χ4n) is 4.44. The number of aromatic nitrogens is 3. The van der Waals surface area contributed by atoms with Crippen LogP contribution in [0.15, 0.2) is 53.5 Å². The third kappa shape index (κ3) is 4.95. The number of ether oxygens (including phenoxy) is 1. The predicted octanol–water partition coefficient (Wildman–Crippen LogP) is 3.66. The maximum atomic E-state index is 12.9. The van der Waals surface area contributed by atoms with Crippen LogP contribution in [-0.2, 0) is 11.8 Å². The molecule has 9 heteroatoms. The second kappa shape index (κ2) is 9.71. The van der Waals surface area contributed by atoms with E-state index in [1.54, 1.807) is 31.4 Å². The molecule has 9 nitrogen and oxygen atoms in total. The SMILES string of the molecule is CC(=O)Nc1ccc2c(c1)c(=O)n(C)c1cnc(Nc3ccc(OCCN4CCCC4)cc3)nc21. The van der Waals surface area contributed by atoms with Crippen molar-refractivity contribution in [2.45, 2.75) is 19.8 Å². The number of hydrogen-bond donors (Lipinski definition) is 2. The van der Waals surface area contributed by atoms with Gasteiger partial charge in [-0.2, -0.15) is 0 Å². The highest BCUT2D eigenvalue weighted by Crippen LogP contribution is 2.25. The molecule has 2 N–H and O–H groups in total. The van der Waals surface area contributed by atoms with Crippen molar-refractivity contribution in [2.24, 2.45) is 7.05 Å². The van der Waals surface area contributed by atoms with Crippen LogP contribution in [0.25, 0.3) is 21.8 Å². The molecule has 2 aromatic carbocycles. The van der Waals surface area contributed by atoms with Gasteiger partial charge < -0.3 is 19.9 Å². The topological polar surface area (TPSA) is 101 Å². The van der Waals surface area contributed by atoms with E-state index in [-0.39, 0.29) is 11.5 Å². The second-order valence-corrected chi connectivity index (χ2v) is 8.78. The minimum absolute atomic E-state index is 0.177. The highest BCUT2D eigenvalue weighted by molar-refractivity contribution is 6.05. The Morgan fingerprint density at radius 1 is 1.06 bits per heavy atom. The van der Waals surface area contributed by atoms with Crippen LogP contribution in [0.4, 0.5) is 17.3 Å². The molecule has 0 bridgehead atoms. The normalized spacial score (nSPS) is 13.9. The highest BCUT2D eigenvalue weighted by atomic mass is 16.5. The molecular formula is C26H28N6O3. The maximum absolute atomic E-state index is 12.9. The van der Waals surface area contributed by atoms with Crippen molar-refractivity contribution in [3.05, 3.63) is 59.0 Å². The lowest BCUT2D eigenvalue weighted by molar-refractivity contribution is -0.114. The lowest BCUT2D eigenvalue weighted by Gasteiger charge is -2.15. The standard InChI is InChI=1S/C26H28N6O3/c1-17(33)28-19-7-10-21-22(15-19)25(34)31(2)23-16-27-26(30-24(21)23)29-18-5-8-20(9-6-18)35-14-13-32-11-3-4-12-32/h5-10,15-16H,3-4,11-14H2,1-2H3,(H,28,33)(H,27,29,30). The Labute approximate surface area is 202 Å². The summed E-state index contributed by atoms with van der Waals surface area (Å²) in [6, 6.07) is 13.0. The third-order valence-electron chi connectivity index (χ3n) is 6.25. The molecule has 1 aliphatic heterocycles. The van der Waals surface area contributed by atoms with Crippen molar-refractivity contribution in [1.29, 1.82) is 0 Å². The van der Waals surface area contributed by atoms with Crippen molar-refractivity contribution in [3.8, 4) is 5.75 Å². The Balaban J connectivity index is 1.36. The number of pyridine rings is 1. The maximum Gasteiger partial charge on any atom is 0.258 e. The number of nitrogens with one attached hydrogen (secondary N) is 2. The summed E-state index contributed by atoms with van der Waals surface area (Å²) in [7, 11) is 1.69. The molecule has 0 aliphatic carbocycles. The van der Waals surface area contributed by atoms with E-state index < -0.39 is 0 Å². The number of carbonyl (C=O) groups excluding carboxylic acids is 1. The van der Waals surface area contributed by atoms with Crippen LogP contribution in [0.2, 0.25) is 0 Å². The van der Waals surface area contributed by atoms with Gasteiger partial charge in [-0.05, 0) is 68.4 Å². The van der Waals surface area contributed by atoms with Crippen LogP contribution in [-0.4, -0.2) is 51.6 Å². The van der Waals surface area contributed by atoms with Gasteiger partial charge >= 0.3 is 0 Å². The van der Waals surface area contributed by atoms with Crippen molar-refractivity contribution < 1.29 is 9.53 Å². The fourth-order valence-corrected chi connectivity index (χ4v) is 4.44. The summed E-state index contributed by atoms with van der Waals surface area (Å²) < 4.78 is 7.40. The van der Waals surface area contributed by atoms with E-state index in [9.17, 15) is 9.59 Å². The van der Waals surface area contributed by atoms with Gasteiger partial charge in [0.1, 0.15) is 17.9 Å². The lowest BCUT2D eigenvalue weighted by atomic mass is 10.1. The Bertz CT molecular complexity index is 1440. The van der Waals surface area contributed by atoms with Gasteiger partial charge in [-0.1, -0.05) is 0 Å². The number of anilines is 3. The van der Waals surface area contributed by atoms with E-state index >= 15 is 0 Å². The van der Waals surface area contributed by atoms with Crippen molar-refractivity contribution in [1.82, 2.24) is 19.4 Å². The van der Waals surface area contributed by atoms with Crippen LogP contribution in [0.1, 0.15) is 19.8 Å². The summed E-state index contributed by atoms with van der Waals surface area (Å²) in [5.41, 5.74) is 2.50. The van der Waals surface area contributed by atoms with Crippen LogP contribution >= 0.6 is 0 Å². The molecule has 2 aromatic heterocycles.